The van der Waals surface area contributed by atoms with Gasteiger partial charge in [0.25, 0.3) is 0 Å². The Morgan fingerprint density at radius 2 is 1.73 bits per heavy atom. The third-order valence-electron chi connectivity index (χ3n) is 4.89. The molecule has 0 atom stereocenters. The maximum absolute atomic E-state index is 14.3. The van der Waals surface area contributed by atoms with Crippen molar-refractivity contribution in [3.63, 3.8) is 0 Å². The highest BCUT2D eigenvalue weighted by molar-refractivity contribution is 5.24. The van der Waals surface area contributed by atoms with E-state index in [-0.39, 0.29) is 5.82 Å². The molecular weight excluding hydrogens is 277 g/mol. The Morgan fingerprint density at radius 1 is 0.955 bits per heavy atom. The van der Waals surface area contributed by atoms with Gasteiger partial charge in [-0.25, -0.2) is 4.39 Å². The highest BCUT2D eigenvalue weighted by Crippen LogP contribution is 2.17. The molecule has 2 heterocycles. The fourth-order valence-corrected chi connectivity index (χ4v) is 3.45. The summed E-state index contributed by atoms with van der Waals surface area (Å²) in [5.41, 5.74) is 1.98. The minimum Gasteiger partial charge on any atom is -0.314 e. The quantitative estimate of drug-likeness (QED) is 0.900. The summed E-state index contributed by atoms with van der Waals surface area (Å²) in [5, 5.41) is 3.36. The van der Waals surface area contributed by atoms with E-state index in [0.29, 0.717) is 0 Å². The Labute approximate surface area is 133 Å². The zero-order chi connectivity index (χ0) is 15.2. The Bertz CT molecular complexity index is 465. The van der Waals surface area contributed by atoms with Crippen molar-refractivity contribution in [2.75, 3.05) is 45.8 Å². The molecule has 0 spiro atoms. The molecular formula is C18H28FN3. The van der Waals surface area contributed by atoms with E-state index in [1.807, 2.05) is 6.07 Å². The average Bonchev–Trinajstić information content (AvgIpc) is 2.57. The van der Waals surface area contributed by atoms with Gasteiger partial charge in [0.2, 0.25) is 0 Å². The topological polar surface area (TPSA) is 18.5 Å². The molecule has 0 saturated carbocycles. The highest BCUT2D eigenvalue weighted by atomic mass is 19.1. The molecule has 4 heteroatoms. The Kier molecular flexibility index (Phi) is 5.82. The van der Waals surface area contributed by atoms with Crippen LogP contribution in [0.5, 0.6) is 0 Å². The molecule has 1 aromatic rings. The van der Waals surface area contributed by atoms with Gasteiger partial charge in [-0.15, -0.1) is 0 Å². The van der Waals surface area contributed by atoms with Gasteiger partial charge in [-0.2, -0.15) is 0 Å². The van der Waals surface area contributed by atoms with Crippen molar-refractivity contribution in [2.45, 2.75) is 32.2 Å². The number of piperidine rings is 1. The second kappa shape index (κ2) is 8.04. The summed E-state index contributed by atoms with van der Waals surface area (Å²) in [6.07, 6.45) is 4.78. The van der Waals surface area contributed by atoms with E-state index < -0.39 is 0 Å². The molecule has 2 saturated heterocycles. The summed E-state index contributed by atoms with van der Waals surface area (Å²) in [4.78, 5) is 4.83. The second-order valence-electron chi connectivity index (χ2n) is 6.60. The van der Waals surface area contributed by atoms with Gasteiger partial charge in [0.15, 0.2) is 0 Å². The van der Waals surface area contributed by atoms with E-state index >= 15 is 0 Å². The smallest absolute Gasteiger partial charge is 0.127 e. The molecule has 2 aliphatic heterocycles. The van der Waals surface area contributed by atoms with E-state index in [9.17, 15) is 4.39 Å². The Balaban J connectivity index is 1.52. The molecule has 3 nitrogen and oxygen atoms in total. The van der Waals surface area contributed by atoms with Crippen LogP contribution >= 0.6 is 0 Å². The molecule has 0 aromatic heterocycles. The molecule has 0 amide bonds. The maximum atomic E-state index is 14.3. The molecule has 0 aliphatic carbocycles. The first kappa shape index (κ1) is 15.9. The van der Waals surface area contributed by atoms with E-state index in [1.165, 1.54) is 19.3 Å². The average molecular weight is 305 g/mol. The summed E-state index contributed by atoms with van der Waals surface area (Å²) in [6, 6.07) is 5.86. The predicted molar refractivity (Wildman–Crippen MR) is 88.5 cm³/mol. The Morgan fingerprint density at radius 3 is 2.45 bits per heavy atom. The van der Waals surface area contributed by atoms with Crippen LogP contribution < -0.4 is 5.32 Å². The lowest BCUT2D eigenvalue weighted by Crippen LogP contribution is -2.44. The molecule has 2 fully saturated rings. The van der Waals surface area contributed by atoms with Crippen molar-refractivity contribution in [3.8, 4) is 0 Å². The van der Waals surface area contributed by atoms with Crippen LogP contribution in [0.2, 0.25) is 0 Å². The van der Waals surface area contributed by atoms with E-state index in [0.717, 1.165) is 69.9 Å². The number of nitrogens with one attached hydrogen (secondary N) is 1. The lowest BCUT2D eigenvalue weighted by molar-refractivity contribution is 0.218. The monoisotopic (exact) mass is 305 g/mol. The minimum absolute atomic E-state index is 0.0246. The lowest BCUT2D eigenvalue weighted by atomic mass is 10.1. The lowest BCUT2D eigenvalue weighted by Gasteiger charge is -2.27. The summed E-state index contributed by atoms with van der Waals surface area (Å²) in [7, 11) is 0. The number of piperazine rings is 1. The summed E-state index contributed by atoms with van der Waals surface area (Å²) in [6.45, 7) is 8.39. The summed E-state index contributed by atoms with van der Waals surface area (Å²) >= 11 is 0. The van der Waals surface area contributed by atoms with Crippen molar-refractivity contribution < 1.29 is 4.39 Å². The molecule has 0 radical (unpaired) electrons. The molecule has 2 aliphatic rings. The zero-order valence-corrected chi connectivity index (χ0v) is 13.5. The van der Waals surface area contributed by atoms with Crippen LogP contribution in [0.4, 0.5) is 4.39 Å². The number of hydrogen-bond acceptors (Lipinski definition) is 3. The molecule has 0 unspecified atom stereocenters. The van der Waals surface area contributed by atoms with E-state index in [2.05, 4.69) is 21.2 Å². The van der Waals surface area contributed by atoms with Gasteiger partial charge < -0.3 is 10.2 Å². The molecule has 3 rings (SSSR count). The standard InChI is InChI=1S/C18H28FN3/c19-18-14-16(6-11-21-12-7-20-8-13-21)4-5-17(18)15-22-9-2-1-3-10-22/h4-5,14,20H,1-3,6-13,15H2. The van der Waals surface area contributed by atoms with Crippen LogP contribution in [0.3, 0.4) is 0 Å². The molecule has 0 bridgehead atoms. The fraction of sp³-hybridized carbons (Fsp3) is 0.667. The third-order valence-corrected chi connectivity index (χ3v) is 4.89. The normalized spacial score (nSPS) is 21.1. The minimum atomic E-state index is -0.0246. The molecule has 1 aromatic carbocycles. The van der Waals surface area contributed by atoms with Crippen molar-refractivity contribution in [1.82, 2.24) is 15.1 Å². The van der Waals surface area contributed by atoms with Crippen LogP contribution in [-0.4, -0.2) is 55.6 Å². The summed E-state index contributed by atoms with van der Waals surface area (Å²) < 4.78 is 14.3. The van der Waals surface area contributed by atoms with Crippen molar-refractivity contribution in [1.29, 1.82) is 0 Å². The number of nitrogens with zero attached hydrogens (tertiary/aromatic N) is 2. The number of likely N-dealkylation sites (tertiary alicyclic amines) is 1. The second-order valence-corrected chi connectivity index (χ2v) is 6.60. The van der Waals surface area contributed by atoms with Gasteiger partial charge >= 0.3 is 0 Å². The van der Waals surface area contributed by atoms with Crippen LogP contribution in [0.25, 0.3) is 0 Å². The molecule has 1 N–H and O–H groups in total. The number of rotatable bonds is 5. The largest absolute Gasteiger partial charge is 0.314 e. The van der Waals surface area contributed by atoms with Crippen LogP contribution in [-0.2, 0) is 13.0 Å². The van der Waals surface area contributed by atoms with Gasteiger partial charge in [-0.05, 0) is 44.0 Å². The molecule has 22 heavy (non-hydrogen) atoms. The van der Waals surface area contributed by atoms with Gasteiger partial charge in [-0.1, -0.05) is 18.6 Å². The predicted octanol–water partition coefficient (Wildman–Crippen LogP) is 2.26. The van der Waals surface area contributed by atoms with Crippen LogP contribution in [0.15, 0.2) is 18.2 Å². The SMILES string of the molecule is Fc1cc(CCN2CCNCC2)ccc1CN1CCCCC1. The summed E-state index contributed by atoms with van der Waals surface area (Å²) in [5.74, 6) is -0.0246. The van der Waals surface area contributed by atoms with Crippen LogP contribution in [0, 0.1) is 5.82 Å². The number of halogens is 1. The van der Waals surface area contributed by atoms with Gasteiger partial charge in [0.1, 0.15) is 5.82 Å². The van der Waals surface area contributed by atoms with Gasteiger partial charge in [-0.3, -0.25) is 4.90 Å². The first-order chi connectivity index (χ1) is 10.8. The van der Waals surface area contributed by atoms with Crippen molar-refractivity contribution >= 4 is 0 Å². The fourth-order valence-electron chi connectivity index (χ4n) is 3.45. The van der Waals surface area contributed by atoms with Gasteiger partial charge in [0.05, 0.1) is 0 Å². The number of benzene rings is 1. The van der Waals surface area contributed by atoms with Crippen LogP contribution in [0.1, 0.15) is 30.4 Å². The van der Waals surface area contributed by atoms with Crippen molar-refractivity contribution in [3.05, 3.63) is 35.1 Å². The van der Waals surface area contributed by atoms with Gasteiger partial charge in [0, 0.05) is 44.8 Å². The van der Waals surface area contributed by atoms with Crippen molar-refractivity contribution in [2.24, 2.45) is 0 Å². The highest BCUT2D eigenvalue weighted by Gasteiger charge is 2.14. The number of hydrogen-bond donors (Lipinski definition) is 1. The van der Waals surface area contributed by atoms with E-state index in [4.69, 9.17) is 0 Å². The van der Waals surface area contributed by atoms with E-state index in [1.54, 1.807) is 6.07 Å². The first-order valence-corrected chi connectivity index (χ1v) is 8.74. The molecule has 122 valence electrons. The zero-order valence-electron chi connectivity index (χ0n) is 13.5. The third kappa shape index (κ3) is 4.51. The Hall–Kier alpha value is -0.970. The maximum Gasteiger partial charge on any atom is 0.127 e. The first-order valence-electron chi connectivity index (χ1n) is 8.74.